The minimum Gasteiger partial charge on any atom is -0.343 e. The summed E-state index contributed by atoms with van der Waals surface area (Å²) in [7, 11) is 1.73. The molecule has 2 aromatic heterocycles. The number of benzene rings is 1. The van der Waals surface area contributed by atoms with Gasteiger partial charge in [0, 0.05) is 24.0 Å². The van der Waals surface area contributed by atoms with Crippen LogP contribution >= 0.6 is 0 Å². The minimum absolute atomic E-state index is 0.00811. The molecule has 10 heteroatoms. The number of amides is 2. The van der Waals surface area contributed by atoms with E-state index in [2.05, 4.69) is 15.4 Å². The molecule has 0 aliphatic heterocycles. The number of rotatable bonds is 4. The molecule has 2 amide bonds. The third kappa shape index (κ3) is 4.42. The van der Waals surface area contributed by atoms with Crippen molar-refractivity contribution in [1.29, 1.82) is 0 Å². The number of hydrogen-bond acceptors (Lipinski definition) is 4. The summed E-state index contributed by atoms with van der Waals surface area (Å²) >= 11 is 0. The molecule has 0 unspecified atom stereocenters. The molecule has 2 heterocycles. The topological polar surface area (TPSA) is 88.9 Å². The number of aryl methyl sites for hydroxylation is 4. The van der Waals surface area contributed by atoms with Crippen LogP contribution in [-0.2, 0) is 7.05 Å². The number of aromatic nitrogens is 3. The standard InChI is InChI=1S/C20H20F3N5O2/c1-10-5-6-13(18(29)24-9-20(21,22)23)8-15(10)26-19(30)14-7-11(2)25-17-16(14)12(3)27-28(17)4/h5-8H,9H2,1-4H3,(H,24,29)(H,26,30). The molecule has 0 atom stereocenters. The summed E-state index contributed by atoms with van der Waals surface area (Å²) in [4.78, 5) is 29.5. The first-order valence-electron chi connectivity index (χ1n) is 9.04. The number of carbonyl (C=O) groups excluding carboxylic acids is 2. The molecule has 0 radical (unpaired) electrons. The Labute approximate surface area is 170 Å². The molecule has 0 saturated carbocycles. The molecule has 0 fully saturated rings. The molecule has 1 aromatic carbocycles. The van der Waals surface area contributed by atoms with E-state index in [1.54, 1.807) is 44.6 Å². The number of anilines is 1. The monoisotopic (exact) mass is 419 g/mol. The average molecular weight is 419 g/mol. The Kier molecular flexibility index (Phi) is 5.51. The quantitative estimate of drug-likeness (QED) is 0.678. The maximum atomic E-state index is 13.0. The zero-order chi connectivity index (χ0) is 22.2. The van der Waals surface area contributed by atoms with Gasteiger partial charge in [0.25, 0.3) is 11.8 Å². The molecule has 30 heavy (non-hydrogen) atoms. The number of pyridine rings is 1. The van der Waals surface area contributed by atoms with Crippen LogP contribution in [0.2, 0.25) is 0 Å². The summed E-state index contributed by atoms with van der Waals surface area (Å²) in [5.41, 5.74) is 3.19. The van der Waals surface area contributed by atoms with E-state index in [9.17, 15) is 22.8 Å². The van der Waals surface area contributed by atoms with Crippen LogP contribution in [0.15, 0.2) is 24.3 Å². The van der Waals surface area contributed by atoms with Gasteiger partial charge in [0.15, 0.2) is 5.65 Å². The van der Waals surface area contributed by atoms with Crippen LogP contribution in [0.1, 0.15) is 37.7 Å². The number of halogens is 3. The third-order valence-electron chi connectivity index (χ3n) is 4.54. The maximum absolute atomic E-state index is 13.0. The number of carbonyl (C=O) groups is 2. The van der Waals surface area contributed by atoms with Gasteiger partial charge in [0.2, 0.25) is 0 Å². The Hall–Kier alpha value is -3.43. The van der Waals surface area contributed by atoms with Gasteiger partial charge < -0.3 is 10.6 Å². The highest BCUT2D eigenvalue weighted by Gasteiger charge is 2.28. The van der Waals surface area contributed by atoms with Crippen molar-refractivity contribution >= 4 is 28.5 Å². The average Bonchev–Trinajstić information content (AvgIpc) is 2.94. The predicted molar refractivity (Wildman–Crippen MR) is 106 cm³/mol. The highest BCUT2D eigenvalue weighted by molar-refractivity contribution is 6.13. The van der Waals surface area contributed by atoms with Crippen molar-refractivity contribution < 1.29 is 22.8 Å². The summed E-state index contributed by atoms with van der Waals surface area (Å²) < 4.78 is 38.6. The fourth-order valence-electron chi connectivity index (χ4n) is 3.12. The molecule has 158 valence electrons. The lowest BCUT2D eigenvalue weighted by Gasteiger charge is -2.13. The Morgan fingerprint density at radius 3 is 2.47 bits per heavy atom. The number of fused-ring (bicyclic) bond motifs is 1. The summed E-state index contributed by atoms with van der Waals surface area (Å²) in [5.74, 6) is -1.31. The number of hydrogen-bond donors (Lipinski definition) is 2. The van der Waals surface area contributed by atoms with E-state index < -0.39 is 24.5 Å². The second-order valence-corrected chi connectivity index (χ2v) is 7.00. The zero-order valence-corrected chi connectivity index (χ0v) is 16.8. The second kappa shape index (κ2) is 7.77. The van der Waals surface area contributed by atoms with Gasteiger partial charge in [-0.15, -0.1) is 0 Å². The second-order valence-electron chi connectivity index (χ2n) is 7.00. The highest BCUT2D eigenvalue weighted by atomic mass is 19.4. The van der Waals surface area contributed by atoms with Gasteiger partial charge in [-0.05, 0) is 44.5 Å². The Morgan fingerprint density at radius 1 is 1.10 bits per heavy atom. The van der Waals surface area contributed by atoms with Crippen LogP contribution in [-0.4, -0.2) is 39.3 Å². The van der Waals surface area contributed by atoms with Gasteiger partial charge in [-0.3, -0.25) is 14.3 Å². The van der Waals surface area contributed by atoms with Gasteiger partial charge in [0.05, 0.1) is 16.6 Å². The molecular formula is C20H20F3N5O2. The third-order valence-corrected chi connectivity index (χ3v) is 4.54. The van der Waals surface area contributed by atoms with Crippen LogP contribution in [0.3, 0.4) is 0 Å². The first-order valence-corrected chi connectivity index (χ1v) is 9.04. The molecule has 3 rings (SSSR count). The maximum Gasteiger partial charge on any atom is 0.405 e. The first-order chi connectivity index (χ1) is 14.0. The Balaban J connectivity index is 1.91. The van der Waals surface area contributed by atoms with Gasteiger partial charge >= 0.3 is 6.18 Å². The minimum atomic E-state index is -4.51. The Morgan fingerprint density at radius 2 is 1.80 bits per heavy atom. The van der Waals surface area contributed by atoms with E-state index in [1.165, 1.54) is 12.1 Å². The first kappa shape index (κ1) is 21.3. The van der Waals surface area contributed by atoms with Crippen molar-refractivity contribution in [2.75, 3.05) is 11.9 Å². The molecular weight excluding hydrogens is 399 g/mol. The zero-order valence-electron chi connectivity index (χ0n) is 16.8. The lowest BCUT2D eigenvalue weighted by Crippen LogP contribution is -2.33. The van der Waals surface area contributed by atoms with Crippen LogP contribution in [0.5, 0.6) is 0 Å². The lowest BCUT2D eigenvalue weighted by molar-refractivity contribution is -0.123. The van der Waals surface area contributed by atoms with E-state index in [0.717, 1.165) is 0 Å². The van der Waals surface area contributed by atoms with Crippen molar-refractivity contribution in [1.82, 2.24) is 20.1 Å². The Bertz CT molecular complexity index is 1150. The van der Waals surface area contributed by atoms with Crippen LogP contribution in [0.25, 0.3) is 11.0 Å². The van der Waals surface area contributed by atoms with Crippen molar-refractivity contribution in [3.63, 3.8) is 0 Å². The van der Waals surface area contributed by atoms with Gasteiger partial charge in [-0.2, -0.15) is 18.3 Å². The van der Waals surface area contributed by atoms with Crippen molar-refractivity contribution in [2.24, 2.45) is 7.05 Å². The fourth-order valence-corrected chi connectivity index (χ4v) is 3.12. The summed E-state index contributed by atoms with van der Waals surface area (Å²) in [6.45, 7) is 3.81. The van der Waals surface area contributed by atoms with Crippen molar-refractivity contribution in [3.05, 3.63) is 52.3 Å². The number of nitrogens with one attached hydrogen (secondary N) is 2. The lowest BCUT2D eigenvalue weighted by atomic mass is 10.1. The SMILES string of the molecule is Cc1cc(C(=O)Nc2cc(C(=O)NCC(F)(F)F)ccc2C)c2c(C)nn(C)c2n1. The van der Waals surface area contributed by atoms with E-state index in [1.807, 2.05) is 5.32 Å². The molecule has 7 nitrogen and oxygen atoms in total. The fraction of sp³-hybridized carbons (Fsp3) is 0.300. The largest absolute Gasteiger partial charge is 0.405 e. The van der Waals surface area contributed by atoms with Crippen molar-refractivity contribution in [2.45, 2.75) is 26.9 Å². The van der Waals surface area contributed by atoms with Crippen LogP contribution < -0.4 is 10.6 Å². The predicted octanol–water partition coefficient (Wildman–Crippen LogP) is 3.44. The number of alkyl halides is 3. The highest BCUT2D eigenvalue weighted by Crippen LogP contribution is 2.24. The molecule has 3 aromatic rings. The molecule has 0 aliphatic carbocycles. The van der Waals surface area contributed by atoms with Gasteiger partial charge in [0.1, 0.15) is 6.54 Å². The molecule has 0 spiro atoms. The number of nitrogens with zero attached hydrogens (tertiary/aromatic N) is 3. The van der Waals surface area contributed by atoms with E-state index >= 15 is 0 Å². The smallest absolute Gasteiger partial charge is 0.343 e. The van der Waals surface area contributed by atoms with Crippen LogP contribution in [0.4, 0.5) is 18.9 Å². The van der Waals surface area contributed by atoms with E-state index in [0.29, 0.717) is 39.2 Å². The normalized spacial score (nSPS) is 11.6. The van der Waals surface area contributed by atoms with Crippen LogP contribution in [0, 0.1) is 20.8 Å². The molecule has 0 bridgehead atoms. The molecule has 0 aliphatic rings. The van der Waals surface area contributed by atoms with E-state index in [4.69, 9.17) is 0 Å². The van der Waals surface area contributed by atoms with Gasteiger partial charge in [-0.1, -0.05) is 6.07 Å². The molecule has 2 N–H and O–H groups in total. The van der Waals surface area contributed by atoms with E-state index in [-0.39, 0.29) is 5.56 Å². The van der Waals surface area contributed by atoms with Gasteiger partial charge in [-0.25, -0.2) is 4.98 Å². The summed E-state index contributed by atoms with van der Waals surface area (Å²) in [5, 5.41) is 9.48. The van der Waals surface area contributed by atoms with Crippen molar-refractivity contribution in [3.8, 4) is 0 Å². The summed E-state index contributed by atoms with van der Waals surface area (Å²) in [6, 6.07) is 5.94. The summed E-state index contributed by atoms with van der Waals surface area (Å²) in [6.07, 6.45) is -4.51. The molecule has 0 saturated heterocycles.